The smallest absolute Gasteiger partial charge is 0.159 e. The summed E-state index contributed by atoms with van der Waals surface area (Å²) in [6.45, 7) is 16.0. The van der Waals surface area contributed by atoms with Crippen LogP contribution in [0, 0.1) is 6.92 Å². The van der Waals surface area contributed by atoms with E-state index in [9.17, 15) is 0 Å². The Hall–Kier alpha value is -8.70. The van der Waals surface area contributed by atoms with Crippen molar-refractivity contribution in [3.8, 4) is 11.1 Å². The molecule has 0 radical (unpaired) electrons. The predicted octanol–water partition coefficient (Wildman–Crippen LogP) is 21.3. The average molecular weight is 1030 g/mol. The molecule has 3 nitrogen and oxygen atoms in total. The number of hydrogen-bond donors (Lipinski definition) is 0. The number of nitrogens with zero attached hydrogens (tertiary/aromatic N) is 2. The van der Waals surface area contributed by atoms with Crippen molar-refractivity contribution in [2.24, 2.45) is 0 Å². The van der Waals surface area contributed by atoms with Gasteiger partial charge in [0.25, 0.3) is 0 Å². The molecule has 11 aromatic carbocycles. The summed E-state index contributed by atoms with van der Waals surface area (Å²) in [5, 5.41) is 7.11. The van der Waals surface area contributed by atoms with Crippen molar-refractivity contribution in [1.29, 1.82) is 0 Å². The van der Waals surface area contributed by atoms with Crippen molar-refractivity contribution >= 4 is 98.3 Å². The van der Waals surface area contributed by atoms with Gasteiger partial charge in [0.05, 0.1) is 22.5 Å². The fraction of sp³-hybridized carbons (Fsp3) is 0.135. The molecule has 0 fully saturated rings. The molecule has 1 aliphatic carbocycles. The highest BCUT2D eigenvalue weighted by Gasteiger charge is 2.46. The molecule has 14 rings (SSSR count). The lowest BCUT2D eigenvalue weighted by atomic mass is 9.59. The van der Waals surface area contributed by atoms with Crippen molar-refractivity contribution in [2.75, 3.05) is 9.80 Å². The number of thiophene rings is 1. The monoisotopic (exact) mass is 1020 g/mol. The van der Waals surface area contributed by atoms with E-state index in [2.05, 4.69) is 295 Å². The van der Waals surface area contributed by atoms with Gasteiger partial charge in [0.2, 0.25) is 0 Å². The molecule has 78 heavy (non-hydrogen) atoms. The molecule has 0 amide bonds. The molecule has 0 saturated heterocycles. The Morgan fingerprint density at radius 2 is 0.962 bits per heavy atom. The summed E-state index contributed by atoms with van der Waals surface area (Å²) in [7, 11) is 0. The van der Waals surface area contributed by atoms with Gasteiger partial charge in [0, 0.05) is 59.0 Å². The Bertz CT molecular complexity index is 4360. The average Bonchev–Trinajstić information content (AvgIpc) is 2.78. The summed E-state index contributed by atoms with van der Waals surface area (Å²) in [5.41, 5.74) is 18.7. The molecule has 0 aliphatic heterocycles. The number of furan rings is 1. The molecule has 0 bridgehead atoms. The zero-order chi connectivity index (χ0) is 53.1. The van der Waals surface area contributed by atoms with Crippen LogP contribution in [-0.2, 0) is 16.2 Å². The van der Waals surface area contributed by atoms with Gasteiger partial charge in [0.1, 0.15) is 5.58 Å². The van der Waals surface area contributed by atoms with E-state index in [4.69, 9.17) is 4.42 Å². The van der Waals surface area contributed by atoms with Crippen LogP contribution in [0.3, 0.4) is 0 Å². The fourth-order valence-electron chi connectivity index (χ4n) is 12.8. The first kappa shape index (κ1) is 47.7. The largest absolute Gasteiger partial charge is 0.454 e. The first-order chi connectivity index (χ1) is 37.9. The molecule has 0 N–H and O–H groups in total. The normalized spacial score (nSPS) is 13.2. The second-order valence-electron chi connectivity index (χ2n) is 23.3. The lowest BCUT2D eigenvalue weighted by molar-refractivity contribution is 0.590. The highest BCUT2D eigenvalue weighted by molar-refractivity contribution is 7.26. The van der Waals surface area contributed by atoms with Gasteiger partial charge in [-0.2, -0.15) is 0 Å². The van der Waals surface area contributed by atoms with Gasteiger partial charge in [-0.3, -0.25) is 0 Å². The summed E-state index contributed by atoms with van der Waals surface area (Å²) in [4.78, 5) is 5.00. The first-order valence-electron chi connectivity index (χ1n) is 27.3. The van der Waals surface area contributed by atoms with Gasteiger partial charge in [-0.1, -0.05) is 217 Å². The number of benzene rings is 11. The van der Waals surface area contributed by atoms with Gasteiger partial charge >= 0.3 is 0 Å². The maximum Gasteiger partial charge on any atom is 0.159 e. The van der Waals surface area contributed by atoms with Gasteiger partial charge in [0.15, 0.2) is 5.58 Å². The van der Waals surface area contributed by atoms with Crippen molar-refractivity contribution in [3.05, 3.63) is 276 Å². The van der Waals surface area contributed by atoms with Crippen LogP contribution < -0.4 is 9.80 Å². The van der Waals surface area contributed by atoms with E-state index in [0.717, 1.165) is 56.1 Å². The van der Waals surface area contributed by atoms with Crippen molar-refractivity contribution in [2.45, 2.75) is 64.7 Å². The Morgan fingerprint density at radius 3 is 1.62 bits per heavy atom. The number of para-hydroxylation sites is 3. The Kier molecular flexibility index (Phi) is 11.0. The highest BCUT2D eigenvalue weighted by Crippen LogP contribution is 2.62. The van der Waals surface area contributed by atoms with E-state index in [1.165, 1.54) is 81.0 Å². The highest BCUT2D eigenvalue weighted by atomic mass is 32.1. The third-order valence-corrected chi connectivity index (χ3v) is 17.8. The number of rotatable bonds is 8. The third kappa shape index (κ3) is 7.30. The van der Waals surface area contributed by atoms with E-state index in [1.54, 1.807) is 0 Å². The Morgan fingerprint density at radius 1 is 0.410 bits per heavy atom. The van der Waals surface area contributed by atoms with Crippen LogP contribution in [-0.4, -0.2) is 0 Å². The molecule has 1 aliphatic rings. The molecule has 4 heteroatoms. The molecule has 0 atom stereocenters. The number of aryl methyl sites for hydroxylation is 1. The van der Waals surface area contributed by atoms with Crippen molar-refractivity contribution < 1.29 is 4.42 Å². The van der Waals surface area contributed by atoms with E-state index >= 15 is 0 Å². The lowest BCUT2D eigenvalue weighted by Gasteiger charge is -2.43. The van der Waals surface area contributed by atoms with E-state index < -0.39 is 5.41 Å². The summed E-state index contributed by atoms with van der Waals surface area (Å²) >= 11 is 1.92. The van der Waals surface area contributed by atoms with Crippen LogP contribution in [0.15, 0.2) is 241 Å². The number of anilines is 6. The SMILES string of the molecule is Cc1ccccc1N(c1ccc2c3c(cccc13)C(c1ccccc1)(c1ccccc1)c1cc(N(c3ccc(C(C)(C)C)cc3)c3ccc(C(C)(C)C)cc3)c3c(sc4ccccc43)c1-2)c1cccc2c1oc1ccccc12. The maximum atomic E-state index is 6.90. The van der Waals surface area contributed by atoms with Crippen LogP contribution >= 0.6 is 11.3 Å². The minimum absolute atomic E-state index is 0.00265. The fourth-order valence-corrected chi connectivity index (χ4v) is 14.1. The lowest BCUT2D eigenvalue weighted by Crippen LogP contribution is -2.34. The standard InChI is InChI=1S/C74H60N2OS/c1-47-22-14-17-32-61(47)76(63-33-21-29-55-54-27-15-18-34-65(54)77-70(55)63)62-45-44-58-67-56(62)30-20-31-59(67)74(50-23-10-8-11-24-50,51-25-12-9-13-26-51)60-46-64(69-57-28-16-19-35-66(57)78-71(69)68(58)60)75(52-40-36-48(37-41-52)72(2,3)4)53-42-38-49(39-43-53)73(5,6)7/h8-46H,1-7H3. The summed E-state index contributed by atoms with van der Waals surface area (Å²) in [5.74, 6) is 0. The van der Waals surface area contributed by atoms with Gasteiger partial charge in [-0.05, 0) is 128 Å². The summed E-state index contributed by atoms with van der Waals surface area (Å²) < 4.78 is 9.43. The Balaban J connectivity index is 1.14. The van der Waals surface area contributed by atoms with Crippen molar-refractivity contribution in [3.63, 3.8) is 0 Å². The third-order valence-electron chi connectivity index (χ3n) is 16.6. The van der Waals surface area contributed by atoms with Crippen LogP contribution in [0.1, 0.15) is 80.5 Å². The molecule has 378 valence electrons. The summed E-state index contributed by atoms with van der Waals surface area (Å²) in [6, 6.07) is 88.6. The van der Waals surface area contributed by atoms with Crippen LogP contribution in [0.4, 0.5) is 34.1 Å². The quantitative estimate of drug-likeness (QED) is 0.151. The summed E-state index contributed by atoms with van der Waals surface area (Å²) in [6.07, 6.45) is 0. The molecule has 0 saturated carbocycles. The number of fused-ring (bicyclic) bond motifs is 9. The van der Waals surface area contributed by atoms with Gasteiger partial charge in [-0.25, -0.2) is 0 Å². The predicted molar refractivity (Wildman–Crippen MR) is 333 cm³/mol. The molecule has 13 aromatic rings. The van der Waals surface area contributed by atoms with Crippen LogP contribution in [0.5, 0.6) is 0 Å². The Labute approximate surface area is 461 Å². The second-order valence-corrected chi connectivity index (χ2v) is 24.3. The van der Waals surface area contributed by atoms with Crippen LogP contribution in [0.25, 0.3) is 64.0 Å². The van der Waals surface area contributed by atoms with E-state index in [0.29, 0.717) is 0 Å². The molecular formula is C74H60N2OS. The minimum Gasteiger partial charge on any atom is -0.454 e. The molecule has 0 unspecified atom stereocenters. The maximum absolute atomic E-state index is 6.90. The van der Waals surface area contributed by atoms with Gasteiger partial charge < -0.3 is 14.2 Å². The van der Waals surface area contributed by atoms with E-state index in [1.807, 2.05) is 11.3 Å². The number of hydrogen-bond acceptors (Lipinski definition) is 4. The van der Waals surface area contributed by atoms with Gasteiger partial charge in [-0.15, -0.1) is 11.3 Å². The van der Waals surface area contributed by atoms with E-state index in [-0.39, 0.29) is 10.8 Å². The second kappa shape index (κ2) is 17.9. The van der Waals surface area contributed by atoms with Crippen molar-refractivity contribution in [1.82, 2.24) is 0 Å². The zero-order valence-electron chi connectivity index (χ0n) is 45.2. The first-order valence-corrected chi connectivity index (χ1v) is 28.1. The van der Waals surface area contributed by atoms with Crippen LogP contribution in [0.2, 0.25) is 0 Å². The minimum atomic E-state index is -0.772. The zero-order valence-corrected chi connectivity index (χ0v) is 46.0. The molecular weight excluding hydrogens is 965 g/mol. The molecule has 2 heterocycles. The molecule has 0 spiro atoms. The molecule has 2 aromatic heterocycles. The topological polar surface area (TPSA) is 19.6 Å².